The van der Waals surface area contributed by atoms with Crippen LogP contribution >= 0.6 is 0 Å². The number of ether oxygens (including phenoxy) is 1. The van der Waals surface area contributed by atoms with Gasteiger partial charge in [0.25, 0.3) is 5.91 Å². The molecule has 1 amide bonds. The minimum Gasteiger partial charge on any atom is -0.383 e. The zero-order valence-electron chi connectivity index (χ0n) is 16.6. The molecule has 0 saturated carbocycles. The van der Waals surface area contributed by atoms with Crippen LogP contribution in [0.2, 0.25) is 0 Å². The van der Waals surface area contributed by atoms with E-state index in [-0.39, 0.29) is 11.8 Å². The molecule has 1 unspecified atom stereocenters. The van der Waals surface area contributed by atoms with Crippen LogP contribution in [0.4, 0.5) is 5.95 Å². The van der Waals surface area contributed by atoms with Gasteiger partial charge in [-0.2, -0.15) is 0 Å². The maximum absolute atomic E-state index is 13.1. The highest BCUT2D eigenvalue weighted by molar-refractivity contribution is 5.95. The van der Waals surface area contributed by atoms with Gasteiger partial charge in [-0.3, -0.25) is 4.79 Å². The SMILES string of the molecule is COCCn1ccnc1C1CCCN(C(=O)c2cnc(N(C)C)nc2C)C1. The van der Waals surface area contributed by atoms with Crippen LogP contribution in [0, 0.1) is 6.92 Å². The first-order valence-electron chi connectivity index (χ1n) is 9.31. The summed E-state index contributed by atoms with van der Waals surface area (Å²) in [5, 5.41) is 0. The molecule has 1 atom stereocenters. The van der Waals surface area contributed by atoms with Gasteiger partial charge >= 0.3 is 0 Å². The summed E-state index contributed by atoms with van der Waals surface area (Å²) in [7, 11) is 5.47. The normalized spacial score (nSPS) is 17.2. The monoisotopic (exact) mass is 372 g/mol. The molecule has 0 aromatic carbocycles. The summed E-state index contributed by atoms with van der Waals surface area (Å²) in [6.45, 7) is 4.70. The number of nitrogens with zero attached hydrogens (tertiary/aromatic N) is 6. The first-order chi connectivity index (χ1) is 13.0. The predicted molar refractivity (Wildman–Crippen MR) is 103 cm³/mol. The van der Waals surface area contributed by atoms with E-state index in [4.69, 9.17) is 4.74 Å². The Morgan fingerprint density at radius 3 is 2.89 bits per heavy atom. The fourth-order valence-corrected chi connectivity index (χ4v) is 3.48. The van der Waals surface area contributed by atoms with Crippen LogP contribution in [0.3, 0.4) is 0 Å². The van der Waals surface area contributed by atoms with Crippen molar-refractivity contribution in [3.05, 3.63) is 35.7 Å². The molecule has 0 radical (unpaired) electrons. The zero-order chi connectivity index (χ0) is 19.4. The third-order valence-electron chi connectivity index (χ3n) is 4.95. The largest absolute Gasteiger partial charge is 0.383 e. The maximum atomic E-state index is 13.1. The quantitative estimate of drug-likeness (QED) is 0.768. The minimum absolute atomic E-state index is 0.00231. The van der Waals surface area contributed by atoms with Crippen LogP contribution in [0.1, 0.15) is 40.6 Å². The average Bonchev–Trinajstić information content (AvgIpc) is 3.14. The molecule has 0 bridgehead atoms. The second-order valence-electron chi connectivity index (χ2n) is 7.13. The Hall–Kier alpha value is -2.48. The van der Waals surface area contributed by atoms with Gasteiger partial charge in [-0.05, 0) is 19.8 Å². The second kappa shape index (κ2) is 8.47. The number of aryl methyl sites for hydroxylation is 1. The van der Waals surface area contributed by atoms with Crippen LogP contribution in [0.25, 0.3) is 0 Å². The third kappa shape index (κ3) is 4.27. The molecule has 3 heterocycles. The number of aromatic nitrogens is 4. The molecule has 27 heavy (non-hydrogen) atoms. The summed E-state index contributed by atoms with van der Waals surface area (Å²) in [5.74, 6) is 1.87. The van der Waals surface area contributed by atoms with E-state index in [2.05, 4.69) is 19.5 Å². The lowest BCUT2D eigenvalue weighted by atomic mass is 9.96. The molecule has 2 aromatic heterocycles. The molecule has 1 saturated heterocycles. The molecule has 0 spiro atoms. The van der Waals surface area contributed by atoms with Gasteiger partial charge in [-0.1, -0.05) is 0 Å². The fourth-order valence-electron chi connectivity index (χ4n) is 3.48. The summed E-state index contributed by atoms with van der Waals surface area (Å²) >= 11 is 0. The lowest BCUT2D eigenvalue weighted by molar-refractivity contribution is 0.0701. The van der Waals surface area contributed by atoms with Crippen LogP contribution < -0.4 is 4.90 Å². The van der Waals surface area contributed by atoms with Gasteiger partial charge < -0.3 is 19.1 Å². The molecular weight excluding hydrogens is 344 g/mol. The number of methoxy groups -OCH3 is 1. The van der Waals surface area contributed by atoms with Crippen molar-refractivity contribution >= 4 is 11.9 Å². The molecular formula is C19H28N6O2. The number of amides is 1. The molecule has 8 nitrogen and oxygen atoms in total. The van der Waals surface area contributed by atoms with E-state index < -0.39 is 0 Å². The summed E-state index contributed by atoms with van der Waals surface area (Å²) < 4.78 is 7.31. The number of imidazole rings is 1. The zero-order valence-corrected chi connectivity index (χ0v) is 16.6. The van der Waals surface area contributed by atoms with E-state index in [0.29, 0.717) is 30.4 Å². The number of piperidine rings is 1. The highest BCUT2D eigenvalue weighted by Crippen LogP contribution is 2.27. The third-order valence-corrected chi connectivity index (χ3v) is 4.95. The van der Waals surface area contributed by atoms with Crippen LogP contribution in [-0.2, 0) is 11.3 Å². The molecule has 1 aliphatic heterocycles. The van der Waals surface area contributed by atoms with Crippen molar-refractivity contribution in [2.45, 2.75) is 32.2 Å². The highest BCUT2D eigenvalue weighted by atomic mass is 16.5. The molecule has 1 aliphatic rings. The van der Waals surface area contributed by atoms with E-state index in [1.165, 1.54) is 0 Å². The smallest absolute Gasteiger partial charge is 0.257 e. The van der Waals surface area contributed by atoms with E-state index in [1.807, 2.05) is 43.2 Å². The minimum atomic E-state index is -0.00231. The number of anilines is 1. The maximum Gasteiger partial charge on any atom is 0.257 e. The molecule has 0 N–H and O–H groups in total. The predicted octanol–water partition coefficient (Wildman–Crippen LogP) is 1.71. The van der Waals surface area contributed by atoms with Gasteiger partial charge in [0, 0.05) is 65.3 Å². The Balaban J connectivity index is 1.74. The first kappa shape index (κ1) is 19.3. The Bertz CT molecular complexity index is 788. The number of carbonyl (C=O) groups is 1. The standard InChI is InChI=1S/C19H28N6O2/c1-14-16(12-21-19(22-14)23(2)3)18(26)25-8-5-6-15(13-25)17-20-7-9-24(17)10-11-27-4/h7,9,12,15H,5-6,8,10-11,13H2,1-4H3. The van der Waals surface area contributed by atoms with Crippen LogP contribution in [0.5, 0.6) is 0 Å². The van der Waals surface area contributed by atoms with Crippen molar-refractivity contribution in [3.63, 3.8) is 0 Å². The van der Waals surface area contributed by atoms with Gasteiger partial charge in [-0.15, -0.1) is 0 Å². The van der Waals surface area contributed by atoms with Crippen LogP contribution in [-0.4, -0.2) is 71.2 Å². The van der Waals surface area contributed by atoms with Crippen molar-refractivity contribution in [1.29, 1.82) is 0 Å². The topological polar surface area (TPSA) is 76.4 Å². The lowest BCUT2D eigenvalue weighted by Crippen LogP contribution is -2.40. The van der Waals surface area contributed by atoms with Crippen LogP contribution in [0.15, 0.2) is 18.6 Å². The number of hydrogen-bond donors (Lipinski definition) is 0. The number of rotatable bonds is 6. The molecule has 1 fully saturated rings. The van der Waals surface area contributed by atoms with E-state index >= 15 is 0 Å². The highest BCUT2D eigenvalue weighted by Gasteiger charge is 2.29. The Kier molecular flexibility index (Phi) is 6.05. The van der Waals surface area contributed by atoms with E-state index in [9.17, 15) is 4.79 Å². The summed E-state index contributed by atoms with van der Waals surface area (Å²) in [5.41, 5.74) is 1.28. The van der Waals surface area contributed by atoms with Crippen molar-refractivity contribution in [2.24, 2.45) is 0 Å². The second-order valence-corrected chi connectivity index (χ2v) is 7.13. The molecule has 0 aliphatic carbocycles. The number of carbonyl (C=O) groups excluding carboxylic acids is 1. The van der Waals surface area contributed by atoms with Gasteiger partial charge in [0.1, 0.15) is 5.82 Å². The van der Waals surface area contributed by atoms with Crippen molar-refractivity contribution in [1.82, 2.24) is 24.4 Å². The fraction of sp³-hybridized carbons (Fsp3) is 0.579. The molecule has 3 rings (SSSR count). The number of likely N-dealkylation sites (tertiary alicyclic amines) is 1. The van der Waals surface area contributed by atoms with Gasteiger partial charge in [0.2, 0.25) is 5.95 Å². The van der Waals surface area contributed by atoms with Crippen molar-refractivity contribution in [2.75, 3.05) is 45.8 Å². The van der Waals surface area contributed by atoms with Crippen molar-refractivity contribution in [3.8, 4) is 0 Å². The molecule has 8 heteroatoms. The Morgan fingerprint density at radius 1 is 1.37 bits per heavy atom. The number of hydrogen-bond acceptors (Lipinski definition) is 6. The summed E-state index contributed by atoms with van der Waals surface area (Å²) in [4.78, 5) is 30.1. The van der Waals surface area contributed by atoms with Crippen molar-refractivity contribution < 1.29 is 9.53 Å². The van der Waals surface area contributed by atoms with Gasteiger partial charge in [-0.25, -0.2) is 15.0 Å². The molecule has 2 aromatic rings. The Morgan fingerprint density at radius 2 is 2.19 bits per heavy atom. The molecule has 146 valence electrons. The van der Waals surface area contributed by atoms with E-state index in [0.717, 1.165) is 31.8 Å². The van der Waals surface area contributed by atoms with Gasteiger partial charge in [0.15, 0.2) is 0 Å². The average molecular weight is 372 g/mol. The summed E-state index contributed by atoms with van der Waals surface area (Å²) in [6, 6.07) is 0. The van der Waals surface area contributed by atoms with Gasteiger partial charge in [0.05, 0.1) is 17.9 Å². The summed E-state index contributed by atoms with van der Waals surface area (Å²) in [6.07, 6.45) is 7.44. The Labute approximate surface area is 160 Å². The first-order valence-corrected chi connectivity index (χ1v) is 9.31. The lowest BCUT2D eigenvalue weighted by Gasteiger charge is -2.33. The van der Waals surface area contributed by atoms with E-state index in [1.54, 1.807) is 13.3 Å².